The van der Waals surface area contributed by atoms with Crippen molar-refractivity contribution in [3.63, 3.8) is 0 Å². The molecule has 0 unspecified atom stereocenters. The molecular formula is C15H18FN5. The first-order valence-electron chi connectivity index (χ1n) is 7.04. The molecule has 0 spiro atoms. The van der Waals surface area contributed by atoms with Crippen molar-refractivity contribution >= 4 is 17.2 Å². The molecular weight excluding hydrogens is 269 g/mol. The lowest BCUT2D eigenvalue weighted by Crippen LogP contribution is -2.36. The van der Waals surface area contributed by atoms with Gasteiger partial charge in [-0.3, -0.25) is 10.8 Å². The normalized spacial score (nSPS) is 16.0. The maximum atomic E-state index is 13.1. The molecule has 6 heteroatoms. The highest BCUT2D eigenvalue weighted by Gasteiger charge is 2.17. The van der Waals surface area contributed by atoms with Gasteiger partial charge in [-0.1, -0.05) is 18.9 Å². The zero-order valence-corrected chi connectivity index (χ0v) is 11.8. The molecule has 1 fully saturated rings. The second-order valence-corrected chi connectivity index (χ2v) is 4.94. The number of rotatable bonds is 3. The van der Waals surface area contributed by atoms with Crippen LogP contribution in [0.15, 0.2) is 29.4 Å². The van der Waals surface area contributed by atoms with Gasteiger partial charge in [-0.2, -0.15) is 10.4 Å². The molecule has 1 aromatic rings. The molecule has 0 radical (unpaired) electrons. The van der Waals surface area contributed by atoms with Crippen LogP contribution in [0.4, 0.5) is 10.1 Å². The molecule has 5 nitrogen and oxygen atoms in total. The predicted octanol–water partition coefficient (Wildman–Crippen LogP) is 2.97. The average molecular weight is 287 g/mol. The van der Waals surface area contributed by atoms with Crippen LogP contribution < -0.4 is 5.43 Å². The molecule has 110 valence electrons. The summed E-state index contributed by atoms with van der Waals surface area (Å²) in [6, 6.07) is 7.76. The van der Waals surface area contributed by atoms with E-state index in [9.17, 15) is 4.39 Å². The van der Waals surface area contributed by atoms with E-state index >= 15 is 0 Å². The summed E-state index contributed by atoms with van der Waals surface area (Å²) >= 11 is 0. The second-order valence-electron chi connectivity index (χ2n) is 4.94. The van der Waals surface area contributed by atoms with Crippen LogP contribution in [0.3, 0.4) is 0 Å². The molecule has 1 aliphatic heterocycles. The van der Waals surface area contributed by atoms with Gasteiger partial charge >= 0.3 is 0 Å². The molecule has 1 saturated heterocycles. The molecule has 0 aliphatic carbocycles. The van der Waals surface area contributed by atoms with Crippen molar-refractivity contribution in [1.29, 1.82) is 10.7 Å². The lowest BCUT2D eigenvalue weighted by Gasteiger charge is -2.21. The maximum absolute atomic E-state index is 13.1. The van der Waals surface area contributed by atoms with Gasteiger partial charge in [0.25, 0.3) is 0 Å². The minimum Gasteiger partial charge on any atom is -0.355 e. The Labute approximate surface area is 123 Å². The Hall–Kier alpha value is -2.42. The van der Waals surface area contributed by atoms with Crippen LogP contribution in [0, 0.1) is 22.6 Å². The van der Waals surface area contributed by atoms with Gasteiger partial charge in [-0.05, 0) is 31.0 Å². The first kappa shape index (κ1) is 15.0. The molecule has 0 bridgehead atoms. The third-order valence-corrected chi connectivity index (χ3v) is 3.37. The number of amidine groups is 1. The Bertz CT molecular complexity index is 568. The van der Waals surface area contributed by atoms with Gasteiger partial charge in [0.15, 0.2) is 5.84 Å². The number of hydrogen-bond acceptors (Lipinski definition) is 4. The lowest BCUT2D eigenvalue weighted by molar-refractivity contribution is 0.438. The fourth-order valence-electron chi connectivity index (χ4n) is 2.25. The second kappa shape index (κ2) is 7.39. The van der Waals surface area contributed by atoms with Gasteiger partial charge in [-0.15, -0.1) is 0 Å². The van der Waals surface area contributed by atoms with Crippen LogP contribution in [-0.4, -0.2) is 29.5 Å². The summed E-state index contributed by atoms with van der Waals surface area (Å²) in [5, 5.41) is 21.2. The summed E-state index contributed by atoms with van der Waals surface area (Å²) in [4.78, 5) is 1.88. The summed E-state index contributed by atoms with van der Waals surface area (Å²) in [7, 11) is 0. The fourth-order valence-corrected chi connectivity index (χ4v) is 2.25. The van der Waals surface area contributed by atoms with Crippen molar-refractivity contribution < 1.29 is 4.39 Å². The Morgan fingerprint density at radius 2 is 2.00 bits per heavy atom. The Balaban J connectivity index is 2.05. The molecule has 0 aromatic heterocycles. The molecule has 2 rings (SSSR count). The number of halogens is 1. The number of anilines is 1. The van der Waals surface area contributed by atoms with Gasteiger partial charge in [0.2, 0.25) is 5.71 Å². The van der Waals surface area contributed by atoms with E-state index in [1.54, 1.807) is 12.1 Å². The van der Waals surface area contributed by atoms with E-state index < -0.39 is 0 Å². The SMILES string of the molecule is N#CC(=NNc1cccc(F)c1)C(=N)N1CCCCCC1. The number of hydrogen-bond donors (Lipinski definition) is 2. The van der Waals surface area contributed by atoms with Gasteiger partial charge < -0.3 is 4.90 Å². The highest BCUT2D eigenvalue weighted by atomic mass is 19.1. The highest BCUT2D eigenvalue weighted by Crippen LogP contribution is 2.11. The van der Waals surface area contributed by atoms with E-state index in [2.05, 4.69) is 10.5 Å². The van der Waals surface area contributed by atoms with Crippen LogP contribution in [-0.2, 0) is 0 Å². The summed E-state index contributed by atoms with van der Waals surface area (Å²) in [5.74, 6) is -0.250. The van der Waals surface area contributed by atoms with Crippen LogP contribution in [0.25, 0.3) is 0 Å². The van der Waals surface area contributed by atoms with Crippen LogP contribution in [0.1, 0.15) is 25.7 Å². The fraction of sp³-hybridized carbons (Fsp3) is 0.400. The van der Waals surface area contributed by atoms with Crippen molar-refractivity contribution in [3.8, 4) is 6.07 Å². The molecule has 2 N–H and O–H groups in total. The minimum absolute atomic E-state index is 0.0150. The molecule has 0 saturated carbocycles. The number of hydrazone groups is 1. The summed E-state index contributed by atoms with van der Waals surface area (Å²) in [6.07, 6.45) is 4.37. The zero-order chi connectivity index (χ0) is 15.1. The quantitative estimate of drug-likeness (QED) is 0.510. The smallest absolute Gasteiger partial charge is 0.202 e. The van der Waals surface area contributed by atoms with Crippen LogP contribution in [0.2, 0.25) is 0 Å². The summed E-state index contributed by atoms with van der Waals surface area (Å²) in [6.45, 7) is 1.55. The third kappa shape index (κ3) is 4.28. The predicted molar refractivity (Wildman–Crippen MR) is 80.8 cm³/mol. The van der Waals surface area contributed by atoms with Crippen molar-refractivity contribution in [2.24, 2.45) is 5.10 Å². The van der Waals surface area contributed by atoms with E-state index in [0.29, 0.717) is 5.69 Å². The van der Waals surface area contributed by atoms with E-state index in [0.717, 1.165) is 38.8 Å². The largest absolute Gasteiger partial charge is 0.355 e. The zero-order valence-electron chi connectivity index (χ0n) is 11.8. The van der Waals surface area contributed by atoms with Gasteiger partial charge in [-0.25, -0.2) is 4.39 Å². The number of nitrogens with zero attached hydrogens (tertiary/aromatic N) is 3. The van der Waals surface area contributed by atoms with Crippen LogP contribution in [0.5, 0.6) is 0 Å². The van der Waals surface area contributed by atoms with Gasteiger partial charge in [0.1, 0.15) is 11.9 Å². The molecule has 0 amide bonds. The van der Waals surface area contributed by atoms with E-state index in [1.807, 2.05) is 11.0 Å². The number of nitrogens with one attached hydrogen (secondary N) is 2. The van der Waals surface area contributed by atoms with Gasteiger partial charge in [0.05, 0.1) is 5.69 Å². The molecule has 1 aliphatic rings. The minimum atomic E-state index is -0.378. The Morgan fingerprint density at radius 1 is 1.29 bits per heavy atom. The Morgan fingerprint density at radius 3 is 2.62 bits per heavy atom. The summed E-state index contributed by atoms with van der Waals surface area (Å²) < 4.78 is 13.1. The molecule has 1 heterocycles. The topological polar surface area (TPSA) is 75.3 Å². The maximum Gasteiger partial charge on any atom is 0.202 e. The first-order valence-corrected chi connectivity index (χ1v) is 7.04. The average Bonchev–Trinajstić information content (AvgIpc) is 2.77. The molecule has 1 aromatic carbocycles. The monoisotopic (exact) mass is 287 g/mol. The van der Waals surface area contributed by atoms with E-state index in [-0.39, 0.29) is 17.4 Å². The number of nitriles is 1. The van der Waals surface area contributed by atoms with E-state index in [4.69, 9.17) is 10.7 Å². The standard InChI is InChI=1S/C15H18FN5/c16-12-6-5-7-13(10-12)19-20-14(11-17)15(18)21-8-3-1-2-4-9-21/h5-7,10,18-19H,1-4,8-9H2. The molecule has 21 heavy (non-hydrogen) atoms. The highest BCUT2D eigenvalue weighted by molar-refractivity contribution is 6.46. The van der Waals surface area contributed by atoms with Crippen molar-refractivity contribution in [2.45, 2.75) is 25.7 Å². The third-order valence-electron chi connectivity index (χ3n) is 3.37. The summed E-state index contributed by atoms with van der Waals surface area (Å²) in [5.41, 5.74) is 3.10. The van der Waals surface area contributed by atoms with Crippen molar-refractivity contribution in [1.82, 2.24) is 4.90 Å². The van der Waals surface area contributed by atoms with Crippen molar-refractivity contribution in [2.75, 3.05) is 18.5 Å². The van der Waals surface area contributed by atoms with Crippen molar-refractivity contribution in [3.05, 3.63) is 30.1 Å². The number of likely N-dealkylation sites (tertiary alicyclic amines) is 1. The molecule has 0 atom stereocenters. The number of benzene rings is 1. The van der Waals surface area contributed by atoms with E-state index in [1.165, 1.54) is 12.1 Å². The Kier molecular flexibility index (Phi) is 5.27. The van der Waals surface area contributed by atoms with Gasteiger partial charge in [0, 0.05) is 13.1 Å². The van der Waals surface area contributed by atoms with Crippen LogP contribution >= 0.6 is 0 Å². The first-order chi connectivity index (χ1) is 10.2. The lowest BCUT2D eigenvalue weighted by atomic mass is 10.2.